The SMILES string of the molecule is CC(C)c1cnc2c(c1)CCc1c-2ccnc1-c1[c-]c2ccccc2c(C(C)(C)C)c1.CCC(CC)C(=O)/C=C(\O)C(CC)CC.[Ir]. The zero-order chi connectivity index (χ0) is 33.6. The molecule has 2 aromatic heterocycles. The van der Waals surface area contributed by atoms with E-state index in [4.69, 9.17) is 9.97 Å². The van der Waals surface area contributed by atoms with E-state index in [0.29, 0.717) is 5.92 Å². The molecule has 2 aromatic carbocycles. The standard InChI is InChI=1S/C29H29N2.C13H24O2.Ir/c1-18(2)22-15-20-10-11-24-25(27(20)31-17-22)12-13-30-28(24)21-14-19-8-6-7-9-23(19)26(16-21)29(3,4)5;1-5-10(6-2)12(14)9-13(15)11(7-3)8-4;/h6-9,12-13,15-18H,10-11H2,1-5H3;9-11,14H,5-8H2,1-4H3;/q-1;;/b;12-9-;. The molecule has 0 atom stereocenters. The molecule has 0 aliphatic heterocycles. The van der Waals surface area contributed by atoms with Crippen molar-refractivity contribution in [2.45, 2.75) is 112 Å². The number of carbonyl (C=O) groups is 1. The van der Waals surface area contributed by atoms with Gasteiger partial charge in [0.1, 0.15) is 0 Å². The predicted octanol–water partition coefficient (Wildman–Crippen LogP) is 11.2. The van der Waals surface area contributed by atoms with Crippen LogP contribution in [0, 0.1) is 17.9 Å². The minimum atomic E-state index is 0. The maximum Gasteiger partial charge on any atom is 0.162 e. The Kier molecular flexibility index (Phi) is 13.7. The van der Waals surface area contributed by atoms with Gasteiger partial charge in [0.2, 0.25) is 0 Å². The molecule has 1 N–H and O–H groups in total. The maximum absolute atomic E-state index is 11.7. The molecular weight excluding hydrogens is 757 g/mol. The first-order valence-corrected chi connectivity index (χ1v) is 17.3. The number of aryl methyl sites for hydroxylation is 1. The topological polar surface area (TPSA) is 63.1 Å². The fourth-order valence-corrected chi connectivity index (χ4v) is 6.49. The van der Waals surface area contributed by atoms with E-state index in [2.05, 4.69) is 83.1 Å². The van der Waals surface area contributed by atoms with Crippen LogP contribution in [0.25, 0.3) is 33.3 Å². The van der Waals surface area contributed by atoms with E-state index >= 15 is 0 Å². The quantitative estimate of drug-likeness (QED) is 0.104. The van der Waals surface area contributed by atoms with Crippen molar-refractivity contribution in [2.75, 3.05) is 0 Å². The van der Waals surface area contributed by atoms with E-state index in [0.717, 1.165) is 60.9 Å². The monoisotopic (exact) mass is 810 g/mol. The van der Waals surface area contributed by atoms with Gasteiger partial charge >= 0.3 is 0 Å². The number of allylic oxidation sites excluding steroid dienone is 2. The van der Waals surface area contributed by atoms with E-state index in [1.165, 1.54) is 39.3 Å². The van der Waals surface area contributed by atoms with Gasteiger partial charge in [0.25, 0.3) is 0 Å². The molecule has 4 nitrogen and oxygen atoms in total. The normalized spacial score (nSPS) is 12.8. The molecule has 5 heteroatoms. The minimum Gasteiger partial charge on any atom is -0.512 e. The van der Waals surface area contributed by atoms with Crippen LogP contribution in [0.3, 0.4) is 0 Å². The summed E-state index contributed by atoms with van der Waals surface area (Å²) in [7, 11) is 0. The van der Waals surface area contributed by atoms with Gasteiger partial charge in [-0.25, -0.2) is 0 Å². The van der Waals surface area contributed by atoms with Crippen molar-refractivity contribution >= 4 is 16.6 Å². The number of rotatable bonds is 9. The van der Waals surface area contributed by atoms with Crippen molar-refractivity contribution in [3.05, 3.63) is 95.0 Å². The predicted molar refractivity (Wildman–Crippen MR) is 193 cm³/mol. The molecule has 4 aromatic rings. The van der Waals surface area contributed by atoms with Gasteiger partial charge in [-0.05, 0) is 78.2 Å². The summed E-state index contributed by atoms with van der Waals surface area (Å²) in [6.45, 7) is 19.4. The van der Waals surface area contributed by atoms with Crippen molar-refractivity contribution < 1.29 is 30.0 Å². The molecule has 2 heterocycles. The molecule has 253 valence electrons. The third-order valence-electron chi connectivity index (χ3n) is 9.53. The second-order valence-electron chi connectivity index (χ2n) is 14.0. The average molecular weight is 810 g/mol. The molecule has 0 fully saturated rings. The smallest absolute Gasteiger partial charge is 0.162 e. The molecule has 0 saturated heterocycles. The summed E-state index contributed by atoms with van der Waals surface area (Å²) in [5, 5.41) is 12.2. The number of ketones is 1. The number of nitrogens with zero attached hydrogens (tertiary/aromatic N) is 2. The Morgan fingerprint density at radius 1 is 0.915 bits per heavy atom. The van der Waals surface area contributed by atoms with Crippen LogP contribution < -0.4 is 0 Å². The number of benzene rings is 2. The fourth-order valence-electron chi connectivity index (χ4n) is 6.49. The van der Waals surface area contributed by atoms with Gasteiger partial charge in [-0.3, -0.25) is 14.8 Å². The zero-order valence-electron chi connectivity index (χ0n) is 29.8. The van der Waals surface area contributed by atoms with Gasteiger partial charge in [-0.15, -0.1) is 29.1 Å². The summed E-state index contributed by atoms with van der Waals surface area (Å²) in [5.41, 5.74) is 9.82. The number of hydrogen-bond acceptors (Lipinski definition) is 4. The molecule has 1 aliphatic rings. The van der Waals surface area contributed by atoms with E-state index < -0.39 is 0 Å². The van der Waals surface area contributed by atoms with E-state index in [1.54, 1.807) is 0 Å². The van der Waals surface area contributed by atoms with Crippen LogP contribution >= 0.6 is 0 Å². The van der Waals surface area contributed by atoms with E-state index in [1.807, 2.05) is 40.1 Å². The molecule has 5 rings (SSSR count). The van der Waals surface area contributed by atoms with Gasteiger partial charge in [0.05, 0.1) is 11.5 Å². The van der Waals surface area contributed by atoms with Crippen LogP contribution in [0.5, 0.6) is 0 Å². The van der Waals surface area contributed by atoms with Crippen LogP contribution in [0.4, 0.5) is 0 Å². The number of pyridine rings is 2. The third-order valence-corrected chi connectivity index (χ3v) is 9.53. The Morgan fingerprint density at radius 3 is 2.19 bits per heavy atom. The number of aliphatic hydroxyl groups excluding tert-OH is 1. The third kappa shape index (κ3) is 8.86. The van der Waals surface area contributed by atoms with E-state index in [-0.39, 0.29) is 48.9 Å². The second kappa shape index (κ2) is 16.8. The molecule has 1 aliphatic carbocycles. The minimum absolute atomic E-state index is 0. The molecule has 0 unspecified atom stereocenters. The summed E-state index contributed by atoms with van der Waals surface area (Å²) < 4.78 is 0. The summed E-state index contributed by atoms with van der Waals surface area (Å²) in [6.07, 6.45) is 10.9. The maximum atomic E-state index is 11.7. The summed E-state index contributed by atoms with van der Waals surface area (Å²) in [5.74, 6) is 1.04. The average Bonchev–Trinajstić information content (AvgIpc) is 3.04. The molecule has 1 radical (unpaired) electrons. The Balaban J connectivity index is 0.000000322. The Morgan fingerprint density at radius 2 is 1.57 bits per heavy atom. The van der Waals surface area contributed by atoms with Crippen molar-refractivity contribution in [2.24, 2.45) is 11.8 Å². The van der Waals surface area contributed by atoms with Crippen LogP contribution in [0.2, 0.25) is 0 Å². The molecule has 47 heavy (non-hydrogen) atoms. The fraction of sp³-hybridized carbons (Fsp3) is 0.452. The Labute approximate surface area is 296 Å². The van der Waals surface area contributed by atoms with E-state index in [9.17, 15) is 9.90 Å². The molecule has 0 bridgehead atoms. The number of aromatic nitrogens is 2. The number of hydrogen-bond donors (Lipinski definition) is 1. The van der Waals surface area contributed by atoms with Gasteiger partial charge in [-0.1, -0.05) is 97.5 Å². The van der Waals surface area contributed by atoms with Crippen molar-refractivity contribution in [3.63, 3.8) is 0 Å². The summed E-state index contributed by atoms with van der Waals surface area (Å²) in [4.78, 5) is 21.5. The molecular formula is C42H53IrN2O2-. The number of aliphatic hydroxyl groups is 1. The number of carbonyl (C=O) groups excluding carboxylic acids is 1. The van der Waals surface area contributed by atoms with Crippen molar-refractivity contribution in [1.29, 1.82) is 0 Å². The first kappa shape index (κ1) is 38.3. The molecule has 0 amide bonds. The second-order valence-corrected chi connectivity index (χ2v) is 14.0. The zero-order valence-corrected chi connectivity index (χ0v) is 32.2. The largest absolute Gasteiger partial charge is 0.512 e. The van der Waals surface area contributed by atoms with Gasteiger partial charge in [0, 0.05) is 56.1 Å². The van der Waals surface area contributed by atoms with Crippen LogP contribution in [-0.4, -0.2) is 20.9 Å². The molecule has 0 spiro atoms. The summed E-state index contributed by atoms with van der Waals surface area (Å²) in [6, 6.07) is 19.0. The Hall–Kier alpha value is -3.14. The van der Waals surface area contributed by atoms with Gasteiger partial charge in [0.15, 0.2) is 5.78 Å². The molecule has 0 saturated carbocycles. The van der Waals surface area contributed by atoms with Crippen LogP contribution in [-0.2, 0) is 43.2 Å². The number of fused-ring (bicyclic) bond motifs is 4. The first-order valence-electron chi connectivity index (χ1n) is 17.3. The van der Waals surface area contributed by atoms with Gasteiger partial charge < -0.3 is 5.11 Å². The Bertz CT molecular complexity index is 1690. The van der Waals surface area contributed by atoms with Crippen LogP contribution in [0.1, 0.15) is 116 Å². The first-order chi connectivity index (χ1) is 21.9. The summed E-state index contributed by atoms with van der Waals surface area (Å²) >= 11 is 0. The van der Waals surface area contributed by atoms with Gasteiger partial charge in [-0.2, -0.15) is 0 Å². The van der Waals surface area contributed by atoms with Crippen LogP contribution in [0.15, 0.2) is 66.7 Å². The van der Waals surface area contributed by atoms with Crippen molar-refractivity contribution in [3.8, 4) is 22.5 Å². The van der Waals surface area contributed by atoms with Crippen molar-refractivity contribution in [1.82, 2.24) is 9.97 Å².